The first kappa shape index (κ1) is 21.3. The van der Waals surface area contributed by atoms with Gasteiger partial charge in [0.1, 0.15) is 11.6 Å². The van der Waals surface area contributed by atoms with E-state index in [1.165, 1.54) is 30.7 Å². The van der Waals surface area contributed by atoms with E-state index in [1.807, 2.05) is 34.1 Å². The van der Waals surface area contributed by atoms with E-state index < -0.39 is 0 Å². The fourth-order valence-corrected chi connectivity index (χ4v) is 4.27. The van der Waals surface area contributed by atoms with Crippen LogP contribution in [0.5, 0.6) is 5.75 Å². The first-order valence-corrected chi connectivity index (χ1v) is 11.2. The molecule has 2 fully saturated rings. The van der Waals surface area contributed by atoms with Crippen molar-refractivity contribution in [2.45, 2.75) is 32.1 Å². The topological polar surface area (TPSA) is 49.9 Å². The zero-order valence-corrected chi connectivity index (χ0v) is 17.8. The van der Waals surface area contributed by atoms with Gasteiger partial charge in [0.15, 0.2) is 0 Å². The third-order valence-electron chi connectivity index (χ3n) is 6.22. The molecule has 0 bridgehead atoms. The molecule has 0 unspecified atom stereocenters. The van der Waals surface area contributed by atoms with Crippen LogP contribution in [-0.2, 0) is 0 Å². The van der Waals surface area contributed by atoms with Crippen LogP contribution in [-0.4, -0.2) is 54.4 Å². The van der Waals surface area contributed by atoms with Crippen LogP contribution < -0.4 is 4.74 Å². The van der Waals surface area contributed by atoms with Crippen molar-refractivity contribution < 1.29 is 18.7 Å². The molecule has 2 aliphatic heterocycles. The third kappa shape index (κ3) is 5.43. The summed E-state index contributed by atoms with van der Waals surface area (Å²) in [5.74, 6) is 0.862. The zero-order valence-electron chi connectivity index (χ0n) is 17.8. The van der Waals surface area contributed by atoms with Gasteiger partial charge >= 0.3 is 0 Å². The minimum Gasteiger partial charge on any atom is -0.493 e. The van der Waals surface area contributed by atoms with Crippen LogP contribution in [0.1, 0.15) is 52.8 Å². The van der Waals surface area contributed by atoms with Gasteiger partial charge in [-0.3, -0.25) is 9.59 Å². The molecule has 2 aromatic carbocycles. The van der Waals surface area contributed by atoms with Crippen molar-refractivity contribution in [3.8, 4) is 5.75 Å². The Kier molecular flexibility index (Phi) is 6.85. The van der Waals surface area contributed by atoms with Gasteiger partial charge in [0, 0.05) is 37.3 Å². The normalized spacial score (nSPS) is 17.5. The molecule has 2 amide bonds. The minimum absolute atomic E-state index is 0.0478. The number of amides is 2. The maximum atomic E-state index is 13.1. The SMILES string of the molecule is O=C(c1ccc(OCC2CCN(C(=O)c3ccc(F)cc3)CC2)cc1)N1CCCCC1. The summed E-state index contributed by atoms with van der Waals surface area (Å²) < 4.78 is 19.0. The summed E-state index contributed by atoms with van der Waals surface area (Å²) in [6.45, 7) is 3.64. The number of halogens is 1. The second-order valence-corrected chi connectivity index (χ2v) is 8.43. The second kappa shape index (κ2) is 9.94. The van der Waals surface area contributed by atoms with Crippen LogP contribution in [0.3, 0.4) is 0 Å². The summed E-state index contributed by atoms with van der Waals surface area (Å²) in [6.07, 6.45) is 5.12. The molecule has 5 nitrogen and oxygen atoms in total. The smallest absolute Gasteiger partial charge is 0.253 e. The van der Waals surface area contributed by atoms with E-state index in [9.17, 15) is 14.0 Å². The molecular weight excluding hydrogens is 395 g/mol. The fraction of sp³-hybridized carbons (Fsp3) is 0.440. The molecule has 6 heteroatoms. The van der Waals surface area contributed by atoms with Crippen molar-refractivity contribution >= 4 is 11.8 Å². The van der Waals surface area contributed by atoms with Crippen LogP contribution in [0.25, 0.3) is 0 Å². The average Bonchev–Trinajstić information content (AvgIpc) is 2.83. The number of piperidine rings is 2. The lowest BCUT2D eigenvalue weighted by atomic mass is 9.97. The first-order valence-electron chi connectivity index (χ1n) is 11.2. The molecule has 0 N–H and O–H groups in total. The molecule has 0 radical (unpaired) electrons. The second-order valence-electron chi connectivity index (χ2n) is 8.43. The summed E-state index contributed by atoms with van der Waals surface area (Å²) in [5, 5.41) is 0. The summed E-state index contributed by atoms with van der Waals surface area (Å²) in [4.78, 5) is 28.9. The van der Waals surface area contributed by atoms with Crippen molar-refractivity contribution in [3.05, 3.63) is 65.5 Å². The third-order valence-corrected chi connectivity index (χ3v) is 6.22. The number of likely N-dealkylation sites (tertiary alicyclic amines) is 2. The van der Waals surface area contributed by atoms with Gasteiger partial charge < -0.3 is 14.5 Å². The lowest BCUT2D eigenvalue weighted by Crippen LogP contribution is -2.39. The lowest BCUT2D eigenvalue weighted by Gasteiger charge is -2.32. The van der Waals surface area contributed by atoms with E-state index in [-0.39, 0.29) is 17.6 Å². The van der Waals surface area contributed by atoms with E-state index in [4.69, 9.17) is 4.74 Å². The highest BCUT2D eigenvalue weighted by atomic mass is 19.1. The molecule has 4 rings (SSSR count). The Balaban J connectivity index is 1.23. The lowest BCUT2D eigenvalue weighted by molar-refractivity contribution is 0.0659. The van der Waals surface area contributed by atoms with Crippen molar-refractivity contribution in [1.82, 2.24) is 9.80 Å². The number of carbonyl (C=O) groups is 2. The highest BCUT2D eigenvalue weighted by Crippen LogP contribution is 2.22. The van der Waals surface area contributed by atoms with Crippen LogP contribution >= 0.6 is 0 Å². The molecule has 31 heavy (non-hydrogen) atoms. The average molecular weight is 425 g/mol. The highest BCUT2D eigenvalue weighted by molar-refractivity contribution is 5.94. The largest absolute Gasteiger partial charge is 0.493 e. The van der Waals surface area contributed by atoms with Gasteiger partial charge in [0.2, 0.25) is 0 Å². The van der Waals surface area contributed by atoms with Crippen molar-refractivity contribution in [3.63, 3.8) is 0 Å². The molecule has 0 saturated carbocycles. The highest BCUT2D eigenvalue weighted by Gasteiger charge is 2.24. The van der Waals surface area contributed by atoms with Gasteiger partial charge in [-0.25, -0.2) is 4.39 Å². The maximum Gasteiger partial charge on any atom is 0.253 e. The number of rotatable bonds is 5. The van der Waals surface area contributed by atoms with Gasteiger partial charge in [-0.15, -0.1) is 0 Å². The summed E-state index contributed by atoms with van der Waals surface area (Å²) in [7, 11) is 0. The molecule has 0 aliphatic carbocycles. The van der Waals surface area contributed by atoms with Crippen LogP contribution in [0, 0.1) is 11.7 Å². The van der Waals surface area contributed by atoms with Crippen molar-refractivity contribution in [2.24, 2.45) is 5.92 Å². The van der Waals surface area contributed by atoms with Crippen molar-refractivity contribution in [1.29, 1.82) is 0 Å². The maximum absolute atomic E-state index is 13.1. The Bertz CT molecular complexity index is 884. The van der Waals surface area contributed by atoms with Gasteiger partial charge in [-0.1, -0.05) is 0 Å². The van der Waals surface area contributed by atoms with E-state index in [1.54, 1.807) is 0 Å². The number of carbonyl (C=O) groups excluding carboxylic acids is 2. The Hall–Kier alpha value is -2.89. The molecule has 0 aromatic heterocycles. The Morgan fingerprint density at radius 2 is 1.29 bits per heavy atom. The van der Waals surface area contributed by atoms with Crippen LogP contribution in [0.2, 0.25) is 0 Å². The van der Waals surface area contributed by atoms with Crippen LogP contribution in [0.4, 0.5) is 4.39 Å². The number of ether oxygens (including phenoxy) is 1. The summed E-state index contributed by atoms with van der Waals surface area (Å²) in [6, 6.07) is 13.1. The van der Waals surface area contributed by atoms with E-state index >= 15 is 0 Å². The van der Waals surface area contributed by atoms with Crippen LogP contribution in [0.15, 0.2) is 48.5 Å². The molecule has 0 atom stereocenters. The van der Waals surface area contributed by atoms with Gasteiger partial charge in [-0.2, -0.15) is 0 Å². The molecule has 2 heterocycles. The Labute approximate surface area is 182 Å². The standard InChI is InChI=1S/C25H29FN2O3/c26-22-8-4-20(5-9-22)25(30)28-16-12-19(13-17-28)18-31-23-10-6-21(7-11-23)24(29)27-14-2-1-3-15-27/h4-11,19H,1-3,12-18H2. The van der Waals surface area contributed by atoms with E-state index in [0.717, 1.165) is 44.5 Å². The quantitative estimate of drug-likeness (QED) is 0.716. The molecule has 2 saturated heterocycles. The summed E-state index contributed by atoms with van der Waals surface area (Å²) >= 11 is 0. The van der Waals surface area contributed by atoms with Gasteiger partial charge in [0.05, 0.1) is 6.61 Å². The number of benzene rings is 2. The molecule has 2 aliphatic rings. The van der Waals surface area contributed by atoms with E-state index in [0.29, 0.717) is 36.7 Å². The van der Waals surface area contributed by atoms with Gasteiger partial charge in [-0.05, 0) is 86.6 Å². The number of nitrogens with zero attached hydrogens (tertiary/aromatic N) is 2. The fourth-order valence-electron chi connectivity index (χ4n) is 4.27. The molecular formula is C25H29FN2O3. The Morgan fingerprint density at radius 3 is 1.87 bits per heavy atom. The monoisotopic (exact) mass is 424 g/mol. The number of hydrogen-bond acceptors (Lipinski definition) is 3. The Morgan fingerprint density at radius 1 is 0.774 bits per heavy atom. The van der Waals surface area contributed by atoms with E-state index in [2.05, 4.69) is 0 Å². The first-order chi connectivity index (χ1) is 15.1. The zero-order chi connectivity index (χ0) is 21.6. The van der Waals surface area contributed by atoms with Crippen molar-refractivity contribution in [2.75, 3.05) is 32.8 Å². The predicted molar refractivity (Wildman–Crippen MR) is 117 cm³/mol. The molecule has 0 spiro atoms. The number of hydrogen-bond donors (Lipinski definition) is 0. The summed E-state index contributed by atoms with van der Waals surface area (Å²) in [5.41, 5.74) is 1.23. The molecule has 164 valence electrons. The van der Waals surface area contributed by atoms with Gasteiger partial charge in [0.25, 0.3) is 11.8 Å². The molecule has 2 aromatic rings. The minimum atomic E-state index is -0.337. The predicted octanol–water partition coefficient (Wildman–Crippen LogP) is 4.38.